The standard InChI is InChI=1S/C12H13N5O2/c1-19-11-5-3-2-4-10(11)6-14-16-12(18)7-17-9-13-8-15-17/h2-6,8-9H,7H2,1H3,(H,16,18). The lowest BCUT2D eigenvalue weighted by atomic mass is 10.2. The molecular weight excluding hydrogens is 246 g/mol. The van der Waals surface area contributed by atoms with Gasteiger partial charge in [0, 0.05) is 5.56 Å². The van der Waals surface area contributed by atoms with Crippen molar-refractivity contribution in [1.29, 1.82) is 0 Å². The van der Waals surface area contributed by atoms with E-state index in [2.05, 4.69) is 20.6 Å². The van der Waals surface area contributed by atoms with Crippen molar-refractivity contribution < 1.29 is 9.53 Å². The van der Waals surface area contributed by atoms with E-state index in [-0.39, 0.29) is 12.5 Å². The minimum Gasteiger partial charge on any atom is -0.496 e. The van der Waals surface area contributed by atoms with Crippen LogP contribution in [-0.4, -0.2) is 34.0 Å². The van der Waals surface area contributed by atoms with E-state index in [9.17, 15) is 4.79 Å². The maximum atomic E-state index is 11.5. The number of amides is 1. The van der Waals surface area contributed by atoms with Gasteiger partial charge in [-0.1, -0.05) is 12.1 Å². The lowest BCUT2D eigenvalue weighted by molar-refractivity contribution is -0.121. The van der Waals surface area contributed by atoms with Crippen LogP contribution in [0.4, 0.5) is 0 Å². The zero-order chi connectivity index (χ0) is 13.5. The van der Waals surface area contributed by atoms with Crippen molar-refractivity contribution in [3.63, 3.8) is 0 Å². The summed E-state index contributed by atoms with van der Waals surface area (Å²) in [7, 11) is 1.58. The van der Waals surface area contributed by atoms with Crippen LogP contribution in [0.15, 0.2) is 42.0 Å². The molecule has 2 aromatic rings. The second-order valence-corrected chi connectivity index (χ2v) is 3.63. The number of methoxy groups -OCH3 is 1. The number of carbonyl (C=O) groups excluding carboxylic acids is 1. The number of rotatable bonds is 5. The summed E-state index contributed by atoms with van der Waals surface area (Å²) in [6.45, 7) is 0.0727. The second-order valence-electron chi connectivity index (χ2n) is 3.63. The van der Waals surface area contributed by atoms with Crippen molar-refractivity contribution >= 4 is 12.1 Å². The fraction of sp³-hybridized carbons (Fsp3) is 0.167. The Morgan fingerprint density at radius 2 is 2.37 bits per heavy atom. The van der Waals surface area contributed by atoms with Crippen LogP contribution < -0.4 is 10.2 Å². The molecule has 0 unspecified atom stereocenters. The zero-order valence-electron chi connectivity index (χ0n) is 10.4. The van der Waals surface area contributed by atoms with Gasteiger partial charge in [-0.25, -0.2) is 15.1 Å². The third kappa shape index (κ3) is 3.63. The van der Waals surface area contributed by atoms with Crippen molar-refractivity contribution in [3.05, 3.63) is 42.5 Å². The van der Waals surface area contributed by atoms with Gasteiger partial charge in [-0.05, 0) is 12.1 Å². The molecule has 0 saturated heterocycles. The van der Waals surface area contributed by atoms with Crippen LogP contribution in [0.3, 0.4) is 0 Å². The quantitative estimate of drug-likeness (QED) is 0.624. The van der Waals surface area contributed by atoms with Gasteiger partial charge in [0.05, 0.1) is 13.3 Å². The Kier molecular flexibility index (Phi) is 4.22. The van der Waals surface area contributed by atoms with Crippen molar-refractivity contribution in [1.82, 2.24) is 20.2 Å². The van der Waals surface area contributed by atoms with E-state index in [1.165, 1.54) is 23.6 Å². The van der Waals surface area contributed by atoms with E-state index in [1.54, 1.807) is 7.11 Å². The Morgan fingerprint density at radius 1 is 1.53 bits per heavy atom. The van der Waals surface area contributed by atoms with E-state index >= 15 is 0 Å². The summed E-state index contributed by atoms with van der Waals surface area (Å²) in [5.41, 5.74) is 3.19. The fourth-order valence-corrected chi connectivity index (χ4v) is 1.44. The molecule has 7 heteroatoms. The van der Waals surface area contributed by atoms with Gasteiger partial charge in [0.2, 0.25) is 0 Å². The van der Waals surface area contributed by atoms with Crippen molar-refractivity contribution in [2.45, 2.75) is 6.54 Å². The summed E-state index contributed by atoms with van der Waals surface area (Å²) in [6.07, 6.45) is 4.35. The van der Waals surface area contributed by atoms with Crippen LogP contribution in [0.2, 0.25) is 0 Å². The number of benzene rings is 1. The van der Waals surface area contributed by atoms with Crippen LogP contribution in [0.25, 0.3) is 0 Å². The lowest BCUT2D eigenvalue weighted by Gasteiger charge is -2.03. The normalized spacial score (nSPS) is 10.6. The SMILES string of the molecule is COc1ccccc1C=NNC(=O)Cn1cncn1. The molecule has 1 amide bonds. The number of nitrogens with one attached hydrogen (secondary N) is 1. The molecule has 1 heterocycles. The molecule has 1 aromatic heterocycles. The van der Waals surface area contributed by atoms with E-state index < -0.39 is 0 Å². The molecule has 19 heavy (non-hydrogen) atoms. The Labute approximate surface area is 109 Å². The highest BCUT2D eigenvalue weighted by atomic mass is 16.5. The second kappa shape index (κ2) is 6.29. The van der Waals surface area contributed by atoms with Crippen LogP contribution in [0.1, 0.15) is 5.56 Å². The number of hydrogen-bond acceptors (Lipinski definition) is 5. The van der Waals surface area contributed by atoms with Gasteiger partial charge in [-0.3, -0.25) is 4.79 Å². The van der Waals surface area contributed by atoms with E-state index in [4.69, 9.17) is 4.74 Å². The molecule has 0 atom stereocenters. The highest BCUT2D eigenvalue weighted by Crippen LogP contribution is 2.14. The lowest BCUT2D eigenvalue weighted by Crippen LogP contribution is -2.23. The van der Waals surface area contributed by atoms with Crippen LogP contribution >= 0.6 is 0 Å². The predicted octanol–water partition coefficient (Wildman–Crippen LogP) is 0.437. The van der Waals surface area contributed by atoms with E-state index in [1.807, 2.05) is 24.3 Å². The number of para-hydroxylation sites is 1. The molecule has 7 nitrogen and oxygen atoms in total. The summed E-state index contributed by atoms with van der Waals surface area (Å²) in [5, 5.41) is 7.69. The monoisotopic (exact) mass is 259 g/mol. The van der Waals surface area contributed by atoms with Crippen LogP contribution in [-0.2, 0) is 11.3 Å². The number of ether oxygens (including phenoxy) is 1. The van der Waals surface area contributed by atoms with Gasteiger partial charge >= 0.3 is 0 Å². The maximum Gasteiger partial charge on any atom is 0.261 e. The Hall–Kier alpha value is -2.70. The molecule has 0 aliphatic rings. The molecule has 0 aliphatic carbocycles. The average Bonchev–Trinajstić information content (AvgIpc) is 2.92. The van der Waals surface area contributed by atoms with Crippen molar-refractivity contribution in [2.75, 3.05) is 7.11 Å². The number of hydrogen-bond donors (Lipinski definition) is 1. The highest BCUT2D eigenvalue weighted by molar-refractivity contribution is 5.85. The van der Waals surface area contributed by atoms with Gasteiger partial charge in [-0.2, -0.15) is 10.2 Å². The average molecular weight is 259 g/mol. The number of aromatic nitrogens is 3. The molecule has 0 aliphatic heterocycles. The summed E-state index contributed by atoms with van der Waals surface area (Å²) >= 11 is 0. The minimum atomic E-state index is -0.281. The summed E-state index contributed by atoms with van der Waals surface area (Å²) < 4.78 is 6.57. The molecule has 1 N–H and O–H groups in total. The molecule has 0 bridgehead atoms. The minimum absolute atomic E-state index is 0.0727. The fourth-order valence-electron chi connectivity index (χ4n) is 1.44. The van der Waals surface area contributed by atoms with Gasteiger partial charge in [0.1, 0.15) is 24.9 Å². The highest BCUT2D eigenvalue weighted by Gasteiger charge is 2.01. The number of nitrogens with zero attached hydrogens (tertiary/aromatic N) is 4. The first-order chi connectivity index (χ1) is 9.29. The first-order valence-corrected chi connectivity index (χ1v) is 5.57. The van der Waals surface area contributed by atoms with E-state index in [0.29, 0.717) is 5.75 Å². The summed E-state index contributed by atoms with van der Waals surface area (Å²) in [4.78, 5) is 15.3. The summed E-state index contributed by atoms with van der Waals surface area (Å²) in [5.74, 6) is 0.411. The van der Waals surface area contributed by atoms with Gasteiger partial charge in [0.15, 0.2) is 0 Å². The molecule has 2 rings (SSSR count). The molecule has 0 radical (unpaired) electrons. The smallest absolute Gasteiger partial charge is 0.261 e. The largest absolute Gasteiger partial charge is 0.496 e. The molecule has 0 fully saturated rings. The first kappa shape index (κ1) is 12.7. The summed E-state index contributed by atoms with van der Waals surface area (Å²) in [6, 6.07) is 7.38. The zero-order valence-corrected chi connectivity index (χ0v) is 10.4. The van der Waals surface area contributed by atoms with Crippen molar-refractivity contribution in [3.8, 4) is 5.75 Å². The maximum absolute atomic E-state index is 11.5. The van der Waals surface area contributed by atoms with Gasteiger partial charge in [-0.15, -0.1) is 0 Å². The van der Waals surface area contributed by atoms with Crippen LogP contribution in [0, 0.1) is 0 Å². The first-order valence-electron chi connectivity index (χ1n) is 5.57. The number of carbonyl (C=O) groups is 1. The van der Waals surface area contributed by atoms with Gasteiger partial charge < -0.3 is 4.74 Å². The molecule has 0 spiro atoms. The van der Waals surface area contributed by atoms with Crippen molar-refractivity contribution in [2.24, 2.45) is 5.10 Å². The Bertz CT molecular complexity index is 565. The van der Waals surface area contributed by atoms with E-state index in [0.717, 1.165) is 5.56 Å². The molecule has 98 valence electrons. The van der Waals surface area contributed by atoms with Gasteiger partial charge in [0.25, 0.3) is 5.91 Å². The van der Waals surface area contributed by atoms with Crippen LogP contribution in [0.5, 0.6) is 5.75 Å². The topological polar surface area (TPSA) is 81.4 Å². The predicted molar refractivity (Wildman–Crippen MR) is 68.8 cm³/mol. The molecular formula is C12H13N5O2. The third-order valence-electron chi connectivity index (χ3n) is 2.30. The molecule has 0 saturated carbocycles. The molecule has 1 aromatic carbocycles. The Morgan fingerprint density at radius 3 is 3.11 bits per heavy atom. The Balaban J connectivity index is 1.91. The third-order valence-corrected chi connectivity index (χ3v) is 2.30. The number of hydrazone groups is 1.